The van der Waals surface area contributed by atoms with Crippen LogP contribution in [0.4, 0.5) is 0 Å². The van der Waals surface area contributed by atoms with E-state index in [2.05, 4.69) is 13.0 Å². The zero-order valence-electron chi connectivity index (χ0n) is 6.77. The molecule has 2 aromatic rings. The van der Waals surface area contributed by atoms with Gasteiger partial charge in [0.15, 0.2) is 5.43 Å². The molecule has 0 bridgehead atoms. The third-order valence-corrected chi connectivity index (χ3v) is 2.27. The summed E-state index contributed by atoms with van der Waals surface area (Å²) in [4.78, 5) is 11.1. The standard InChI is InChI=1S/C10H10O/c1-3-7-5-4-6(2)8-9(7)10(8)11/h4-5H,3H2,1-2H3. The highest BCUT2D eigenvalue weighted by Gasteiger charge is 2.17. The van der Waals surface area contributed by atoms with Crippen LogP contribution in [0.25, 0.3) is 10.8 Å². The lowest BCUT2D eigenvalue weighted by molar-refractivity contribution is 1.16. The van der Waals surface area contributed by atoms with Crippen molar-refractivity contribution in [2.24, 2.45) is 0 Å². The molecule has 0 aromatic heterocycles. The monoisotopic (exact) mass is 146 g/mol. The molecule has 0 N–H and O–H groups in total. The van der Waals surface area contributed by atoms with Crippen molar-refractivity contribution < 1.29 is 0 Å². The van der Waals surface area contributed by atoms with Gasteiger partial charge in [-0.05, 0) is 24.5 Å². The smallest absolute Gasteiger partial charge is 0.195 e. The Morgan fingerprint density at radius 2 is 2.00 bits per heavy atom. The van der Waals surface area contributed by atoms with E-state index < -0.39 is 0 Å². The second-order valence-corrected chi connectivity index (χ2v) is 2.97. The Morgan fingerprint density at radius 3 is 2.64 bits per heavy atom. The molecule has 2 rings (SSSR count). The molecule has 0 amide bonds. The van der Waals surface area contributed by atoms with E-state index in [0.29, 0.717) is 0 Å². The molecule has 0 aliphatic carbocycles. The third-order valence-electron chi connectivity index (χ3n) is 2.27. The quantitative estimate of drug-likeness (QED) is 0.601. The molecule has 0 atom stereocenters. The highest BCUT2D eigenvalue weighted by molar-refractivity contribution is 6.02. The molecule has 0 heterocycles. The van der Waals surface area contributed by atoms with Gasteiger partial charge in [-0.25, -0.2) is 0 Å². The molecule has 0 saturated carbocycles. The number of hydrogen-bond acceptors (Lipinski definition) is 1. The van der Waals surface area contributed by atoms with Gasteiger partial charge in [0, 0.05) is 10.8 Å². The van der Waals surface area contributed by atoms with Crippen molar-refractivity contribution >= 4 is 10.8 Å². The molecule has 0 spiro atoms. The molecular weight excluding hydrogens is 136 g/mol. The van der Waals surface area contributed by atoms with E-state index in [-0.39, 0.29) is 5.43 Å². The average molecular weight is 146 g/mol. The van der Waals surface area contributed by atoms with E-state index in [1.165, 1.54) is 5.56 Å². The van der Waals surface area contributed by atoms with Gasteiger partial charge in [0.2, 0.25) is 0 Å². The first-order valence-corrected chi connectivity index (χ1v) is 3.93. The van der Waals surface area contributed by atoms with Gasteiger partial charge in [-0.15, -0.1) is 0 Å². The first-order valence-electron chi connectivity index (χ1n) is 3.93. The van der Waals surface area contributed by atoms with Crippen LogP contribution in [0.1, 0.15) is 18.1 Å². The SMILES string of the molecule is CCc1ccc(C)c2c(=O)c12. The summed E-state index contributed by atoms with van der Waals surface area (Å²) in [6.45, 7) is 4.07. The van der Waals surface area contributed by atoms with Gasteiger partial charge in [-0.1, -0.05) is 19.1 Å². The Hall–Kier alpha value is -1.11. The fourth-order valence-electron chi connectivity index (χ4n) is 1.54. The molecule has 1 nitrogen and oxygen atoms in total. The Morgan fingerprint density at radius 1 is 1.27 bits per heavy atom. The number of rotatable bonds is 1. The maximum Gasteiger partial charge on any atom is 0.195 e. The zero-order chi connectivity index (χ0) is 8.01. The Labute approximate surface area is 65.3 Å². The van der Waals surface area contributed by atoms with Crippen LogP contribution in [0.15, 0.2) is 16.9 Å². The third kappa shape index (κ3) is 0.739. The number of hydrogen-bond donors (Lipinski definition) is 0. The van der Waals surface area contributed by atoms with Gasteiger partial charge in [0.05, 0.1) is 0 Å². The van der Waals surface area contributed by atoms with E-state index in [0.717, 1.165) is 22.8 Å². The Bertz CT molecular complexity index is 417. The highest BCUT2D eigenvalue weighted by Crippen LogP contribution is 2.23. The summed E-state index contributed by atoms with van der Waals surface area (Å²) in [7, 11) is 0. The van der Waals surface area contributed by atoms with E-state index >= 15 is 0 Å². The number of aryl methyl sites for hydroxylation is 2. The average Bonchev–Trinajstić information content (AvgIpc) is 2.65. The topological polar surface area (TPSA) is 17.1 Å². The minimum atomic E-state index is 0.268. The van der Waals surface area contributed by atoms with Crippen LogP contribution in [0, 0.1) is 6.92 Å². The van der Waals surface area contributed by atoms with Gasteiger partial charge in [-0.3, -0.25) is 4.79 Å². The molecule has 0 saturated heterocycles. The lowest BCUT2D eigenvalue weighted by atomic mass is 10.1. The predicted molar refractivity (Wildman–Crippen MR) is 46.7 cm³/mol. The second kappa shape index (κ2) is 1.94. The van der Waals surface area contributed by atoms with Gasteiger partial charge in [0.1, 0.15) is 0 Å². The molecule has 0 aliphatic rings. The van der Waals surface area contributed by atoms with Crippen LogP contribution in [-0.2, 0) is 6.42 Å². The van der Waals surface area contributed by atoms with E-state index in [9.17, 15) is 4.79 Å². The number of fused-ring (bicyclic) bond motifs is 1. The summed E-state index contributed by atoms with van der Waals surface area (Å²) >= 11 is 0. The van der Waals surface area contributed by atoms with Crippen molar-refractivity contribution in [3.8, 4) is 0 Å². The summed E-state index contributed by atoms with van der Waals surface area (Å²) in [5.74, 6) is 0. The lowest BCUT2D eigenvalue weighted by Gasteiger charge is -1.92. The molecule has 0 unspecified atom stereocenters. The first kappa shape index (κ1) is 6.59. The summed E-state index contributed by atoms with van der Waals surface area (Å²) in [6.07, 6.45) is 0.967. The van der Waals surface area contributed by atoms with E-state index in [1.807, 2.05) is 13.0 Å². The largest absolute Gasteiger partial charge is 0.289 e. The van der Waals surface area contributed by atoms with Gasteiger partial charge >= 0.3 is 0 Å². The van der Waals surface area contributed by atoms with Crippen molar-refractivity contribution in [3.63, 3.8) is 0 Å². The maximum atomic E-state index is 11.1. The zero-order valence-corrected chi connectivity index (χ0v) is 6.77. The lowest BCUT2D eigenvalue weighted by Crippen LogP contribution is -1.77. The maximum absolute atomic E-state index is 11.1. The van der Waals surface area contributed by atoms with Crippen molar-refractivity contribution in [2.75, 3.05) is 0 Å². The van der Waals surface area contributed by atoms with Crippen LogP contribution >= 0.6 is 0 Å². The minimum absolute atomic E-state index is 0.268. The van der Waals surface area contributed by atoms with Crippen molar-refractivity contribution in [3.05, 3.63) is 33.5 Å². The summed E-state index contributed by atoms with van der Waals surface area (Å²) < 4.78 is 0. The Kier molecular flexibility index (Phi) is 1.16. The van der Waals surface area contributed by atoms with Gasteiger partial charge < -0.3 is 0 Å². The predicted octanol–water partition coefficient (Wildman–Crippen LogP) is 1.95. The molecule has 0 radical (unpaired) electrons. The fourth-order valence-corrected chi connectivity index (χ4v) is 1.54. The van der Waals surface area contributed by atoms with Crippen LogP contribution in [-0.4, -0.2) is 0 Å². The van der Waals surface area contributed by atoms with Gasteiger partial charge in [0.25, 0.3) is 0 Å². The summed E-state index contributed by atoms with van der Waals surface area (Å²) in [5.41, 5.74) is 2.60. The van der Waals surface area contributed by atoms with Crippen LogP contribution in [0.5, 0.6) is 0 Å². The normalized spacial score (nSPS) is 11.5. The van der Waals surface area contributed by atoms with Crippen molar-refractivity contribution in [1.29, 1.82) is 0 Å². The minimum Gasteiger partial charge on any atom is -0.289 e. The molecule has 56 valence electrons. The molecule has 2 aromatic carbocycles. The molecule has 1 heteroatoms. The Balaban J connectivity index is 2.78. The molecule has 11 heavy (non-hydrogen) atoms. The van der Waals surface area contributed by atoms with Crippen LogP contribution < -0.4 is 5.43 Å². The highest BCUT2D eigenvalue weighted by atomic mass is 16.1. The van der Waals surface area contributed by atoms with E-state index in [4.69, 9.17) is 0 Å². The first-order chi connectivity index (χ1) is 5.25. The second-order valence-electron chi connectivity index (χ2n) is 2.97. The van der Waals surface area contributed by atoms with Gasteiger partial charge in [-0.2, -0.15) is 0 Å². The summed E-state index contributed by atoms with van der Waals surface area (Å²) in [6, 6.07) is 4.08. The van der Waals surface area contributed by atoms with E-state index in [1.54, 1.807) is 0 Å². The van der Waals surface area contributed by atoms with Crippen LogP contribution in [0.3, 0.4) is 0 Å². The van der Waals surface area contributed by atoms with Crippen LogP contribution in [0.2, 0.25) is 0 Å². The molecular formula is C10H10O. The fraction of sp³-hybridized carbons (Fsp3) is 0.300. The molecule has 0 fully saturated rings. The molecule has 0 aliphatic heterocycles. The van der Waals surface area contributed by atoms with Crippen molar-refractivity contribution in [1.82, 2.24) is 0 Å². The summed E-state index contributed by atoms with van der Waals surface area (Å²) in [5, 5.41) is 1.97. The number of benzene rings is 1. The van der Waals surface area contributed by atoms with Crippen molar-refractivity contribution in [2.45, 2.75) is 20.3 Å².